The molecule has 4 nitrogen and oxygen atoms in total. The molecule has 2 aromatic rings. The van der Waals surface area contributed by atoms with E-state index in [-0.39, 0.29) is 0 Å². The largest absolute Gasteiger partial charge is 0.493 e. The topological polar surface area (TPSA) is 47.6 Å². The number of carbonyl (C=O) groups is 1. The summed E-state index contributed by atoms with van der Waals surface area (Å²) in [4.78, 5) is 11.8. The van der Waals surface area contributed by atoms with Gasteiger partial charge in [0.25, 0.3) is 5.91 Å². The van der Waals surface area contributed by atoms with Crippen molar-refractivity contribution in [3.8, 4) is 11.5 Å². The van der Waals surface area contributed by atoms with Crippen LogP contribution in [-0.4, -0.2) is 19.6 Å². The molecule has 24 heavy (non-hydrogen) atoms. The van der Waals surface area contributed by atoms with Crippen LogP contribution in [-0.2, 0) is 11.2 Å². The third kappa shape index (κ3) is 4.32. The SMILES string of the molecule is C=CCc1ccc(OCC(=O)Nc2c(F)cccc2F)c(OC)c1. The molecule has 0 radical (unpaired) electrons. The van der Waals surface area contributed by atoms with Crippen LogP contribution in [0.1, 0.15) is 5.56 Å². The predicted octanol–water partition coefficient (Wildman–Crippen LogP) is 3.72. The average Bonchev–Trinajstić information content (AvgIpc) is 2.57. The molecule has 0 unspecified atom stereocenters. The van der Waals surface area contributed by atoms with Crippen LogP contribution in [0, 0.1) is 11.6 Å². The van der Waals surface area contributed by atoms with Crippen LogP contribution >= 0.6 is 0 Å². The fraction of sp³-hybridized carbons (Fsp3) is 0.167. The molecule has 126 valence electrons. The van der Waals surface area contributed by atoms with Gasteiger partial charge in [-0.2, -0.15) is 0 Å². The Morgan fingerprint density at radius 1 is 1.21 bits per heavy atom. The average molecular weight is 333 g/mol. The summed E-state index contributed by atoms with van der Waals surface area (Å²) in [7, 11) is 1.48. The van der Waals surface area contributed by atoms with Crippen molar-refractivity contribution < 1.29 is 23.0 Å². The summed E-state index contributed by atoms with van der Waals surface area (Å²) in [6.45, 7) is 3.25. The Morgan fingerprint density at radius 3 is 2.54 bits per heavy atom. The van der Waals surface area contributed by atoms with Gasteiger partial charge >= 0.3 is 0 Å². The van der Waals surface area contributed by atoms with Crippen LogP contribution in [0.4, 0.5) is 14.5 Å². The minimum atomic E-state index is -0.852. The van der Waals surface area contributed by atoms with E-state index in [0.29, 0.717) is 17.9 Å². The number of carbonyl (C=O) groups excluding carboxylic acids is 1. The second-order valence-corrected chi connectivity index (χ2v) is 4.91. The fourth-order valence-electron chi connectivity index (χ4n) is 2.06. The third-order valence-corrected chi connectivity index (χ3v) is 3.19. The molecular weight excluding hydrogens is 316 g/mol. The van der Waals surface area contributed by atoms with Gasteiger partial charge < -0.3 is 14.8 Å². The second-order valence-electron chi connectivity index (χ2n) is 4.91. The zero-order valence-electron chi connectivity index (χ0n) is 13.1. The molecule has 0 saturated heterocycles. The molecule has 2 aromatic carbocycles. The lowest BCUT2D eigenvalue weighted by atomic mass is 10.1. The highest BCUT2D eigenvalue weighted by atomic mass is 19.1. The van der Waals surface area contributed by atoms with E-state index in [1.165, 1.54) is 13.2 Å². The molecule has 0 atom stereocenters. The molecular formula is C18H17F2NO3. The quantitative estimate of drug-likeness (QED) is 0.786. The van der Waals surface area contributed by atoms with Crippen molar-refractivity contribution in [1.82, 2.24) is 0 Å². The van der Waals surface area contributed by atoms with Gasteiger partial charge in [-0.1, -0.05) is 18.2 Å². The number of anilines is 1. The van der Waals surface area contributed by atoms with Gasteiger partial charge in [0.2, 0.25) is 0 Å². The molecule has 0 bridgehead atoms. The number of halogens is 2. The molecule has 0 aliphatic carbocycles. The maximum absolute atomic E-state index is 13.5. The lowest BCUT2D eigenvalue weighted by molar-refractivity contribution is -0.118. The van der Waals surface area contributed by atoms with E-state index in [4.69, 9.17) is 9.47 Å². The highest BCUT2D eigenvalue weighted by Gasteiger charge is 2.13. The van der Waals surface area contributed by atoms with Crippen LogP contribution in [0.5, 0.6) is 11.5 Å². The zero-order valence-corrected chi connectivity index (χ0v) is 13.1. The van der Waals surface area contributed by atoms with Gasteiger partial charge in [0, 0.05) is 0 Å². The fourth-order valence-corrected chi connectivity index (χ4v) is 2.06. The van der Waals surface area contributed by atoms with Gasteiger partial charge in [0.05, 0.1) is 7.11 Å². The number of methoxy groups -OCH3 is 1. The van der Waals surface area contributed by atoms with E-state index < -0.39 is 29.8 Å². The Balaban J connectivity index is 2.02. The Morgan fingerprint density at radius 2 is 1.92 bits per heavy atom. The highest BCUT2D eigenvalue weighted by Crippen LogP contribution is 2.28. The standard InChI is InChI=1S/C18H17F2NO3/c1-3-5-12-8-9-15(16(10-12)23-2)24-11-17(22)21-18-13(19)6-4-7-14(18)20/h3-4,6-10H,1,5,11H2,2H3,(H,21,22). The van der Waals surface area contributed by atoms with Crippen LogP contribution in [0.15, 0.2) is 49.1 Å². The smallest absolute Gasteiger partial charge is 0.262 e. The maximum atomic E-state index is 13.5. The van der Waals surface area contributed by atoms with Gasteiger partial charge in [-0.05, 0) is 36.2 Å². The molecule has 0 aliphatic heterocycles. The number of para-hydroxylation sites is 1. The predicted molar refractivity (Wildman–Crippen MR) is 87.4 cm³/mol. The zero-order chi connectivity index (χ0) is 17.5. The lowest BCUT2D eigenvalue weighted by Gasteiger charge is -2.12. The van der Waals surface area contributed by atoms with Gasteiger partial charge in [0.1, 0.15) is 17.3 Å². The minimum absolute atomic E-state index is 0.356. The summed E-state index contributed by atoms with van der Waals surface area (Å²) in [5.41, 5.74) is 0.478. The van der Waals surface area contributed by atoms with E-state index in [9.17, 15) is 13.6 Å². The van der Waals surface area contributed by atoms with Crippen molar-refractivity contribution in [2.45, 2.75) is 6.42 Å². The van der Waals surface area contributed by atoms with E-state index in [0.717, 1.165) is 17.7 Å². The summed E-state index contributed by atoms with van der Waals surface area (Å²) < 4.78 is 37.5. The normalized spacial score (nSPS) is 10.1. The van der Waals surface area contributed by atoms with Crippen molar-refractivity contribution in [2.75, 3.05) is 19.0 Å². The third-order valence-electron chi connectivity index (χ3n) is 3.19. The van der Waals surface area contributed by atoms with Crippen molar-refractivity contribution in [2.24, 2.45) is 0 Å². The summed E-state index contributed by atoms with van der Waals surface area (Å²) >= 11 is 0. The lowest BCUT2D eigenvalue weighted by Crippen LogP contribution is -2.21. The monoisotopic (exact) mass is 333 g/mol. The Labute approximate surface area is 138 Å². The summed E-state index contributed by atoms with van der Waals surface area (Å²) in [5, 5.41) is 2.15. The van der Waals surface area contributed by atoms with Crippen molar-refractivity contribution in [3.05, 3.63) is 66.3 Å². The van der Waals surface area contributed by atoms with E-state index in [2.05, 4.69) is 11.9 Å². The molecule has 0 spiro atoms. The second kappa shape index (κ2) is 8.10. The number of nitrogens with one attached hydrogen (secondary N) is 1. The highest BCUT2D eigenvalue weighted by molar-refractivity contribution is 5.92. The Hall–Kier alpha value is -2.89. The molecule has 0 aliphatic rings. The summed E-state index contributed by atoms with van der Waals surface area (Å²) in [5.74, 6) is -1.57. The summed E-state index contributed by atoms with van der Waals surface area (Å²) in [6.07, 6.45) is 2.43. The van der Waals surface area contributed by atoms with Crippen molar-refractivity contribution >= 4 is 11.6 Å². The molecule has 2 rings (SSSR count). The van der Waals surface area contributed by atoms with Crippen LogP contribution in [0.3, 0.4) is 0 Å². The van der Waals surface area contributed by atoms with Gasteiger partial charge in [0.15, 0.2) is 18.1 Å². The molecule has 1 N–H and O–H groups in total. The molecule has 0 saturated carbocycles. The number of allylic oxidation sites excluding steroid dienone is 1. The van der Waals surface area contributed by atoms with Crippen molar-refractivity contribution in [3.63, 3.8) is 0 Å². The van der Waals surface area contributed by atoms with Crippen LogP contribution in [0.2, 0.25) is 0 Å². The van der Waals surface area contributed by atoms with Gasteiger partial charge in [-0.3, -0.25) is 4.79 Å². The van der Waals surface area contributed by atoms with Crippen LogP contribution < -0.4 is 14.8 Å². The van der Waals surface area contributed by atoms with E-state index >= 15 is 0 Å². The number of amides is 1. The molecule has 0 aromatic heterocycles. The number of benzene rings is 2. The van der Waals surface area contributed by atoms with Crippen LogP contribution in [0.25, 0.3) is 0 Å². The first-order valence-corrected chi connectivity index (χ1v) is 7.19. The molecule has 0 heterocycles. The first kappa shape index (κ1) is 17.5. The van der Waals surface area contributed by atoms with E-state index in [1.807, 2.05) is 6.07 Å². The maximum Gasteiger partial charge on any atom is 0.262 e. The van der Waals surface area contributed by atoms with E-state index in [1.54, 1.807) is 18.2 Å². The summed E-state index contributed by atoms with van der Waals surface area (Å²) in [6, 6.07) is 8.57. The molecule has 0 fully saturated rings. The van der Waals surface area contributed by atoms with Gasteiger partial charge in [-0.15, -0.1) is 6.58 Å². The number of ether oxygens (including phenoxy) is 2. The van der Waals surface area contributed by atoms with Crippen molar-refractivity contribution in [1.29, 1.82) is 0 Å². The number of rotatable bonds is 7. The number of hydrogen-bond acceptors (Lipinski definition) is 3. The molecule has 6 heteroatoms. The minimum Gasteiger partial charge on any atom is -0.493 e. The number of hydrogen-bond donors (Lipinski definition) is 1. The first-order chi connectivity index (χ1) is 11.5. The molecule has 1 amide bonds. The Bertz CT molecular complexity index is 727. The Kier molecular flexibility index (Phi) is 5.89. The van der Waals surface area contributed by atoms with Gasteiger partial charge in [-0.25, -0.2) is 8.78 Å². The first-order valence-electron chi connectivity index (χ1n) is 7.19.